The molecular formula is C29H38N2O5S. The highest BCUT2D eigenvalue weighted by atomic mass is 32.2. The summed E-state index contributed by atoms with van der Waals surface area (Å²) in [6, 6.07) is 13.8. The van der Waals surface area contributed by atoms with E-state index in [0.717, 1.165) is 12.0 Å². The number of aliphatic hydroxyl groups excluding tert-OH is 1. The molecule has 7 nitrogen and oxygen atoms in total. The van der Waals surface area contributed by atoms with Crippen LogP contribution in [0.2, 0.25) is 0 Å². The summed E-state index contributed by atoms with van der Waals surface area (Å²) in [5.41, 5.74) is 1.59. The number of carbonyl (C=O) groups is 1. The molecule has 0 unspecified atom stereocenters. The van der Waals surface area contributed by atoms with Crippen molar-refractivity contribution < 1.29 is 23.1 Å². The number of carbonyl (C=O) groups excluding carboxylic acids is 1. The Morgan fingerprint density at radius 1 is 1.19 bits per heavy atom. The summed E-state index contributed by atoms with van der Waals surface area (Å²) in [5.74, 6) is 6.58. The molecule has 200 valence electrons. The minimum atomic E-state index is -3.93. The molecule has 3 rings (SSSR count). The molecule has 0 fully saturated rings. The van der Waals surface area contributed by atoms with Crippen LogP contribution in [-0.2, 0) is 21.2 Å². The zero-order chi connectivity index (χ0) is 27.2. The average molecular weight is 527 g/mol. The topological polar surface area (TPSA) is 87.2 Å². The Labute approximate surface area is 221 Å². The fourth-order valence-corrected chi connectivity index (χ4v) is 5.98. The fourth-order valence-electron chi connectivity index (χ4n) is 4.16. The van der Waals surface area contributed by atoms with Crippen molar-refractivity contribution in [1.29, 1.82) is 0 Å². The largest absolute Gasteiger partial charge is 0.487 e. The van der Waals surface area contributed by atoms with E-state index in [1.165, 1.54) is 10.4 Å². The maximum Gasteiger partial charge on any atom is 0.247 e. The third kappa shape index (κ3) is 7.35. The van der Waals surface area contributed by atoms with Gasteiger partial charge >= 0.3 is 0 Å². The third-order valence-corrected chi connectivity index (χ3v) is 8.51. The highest BCUT2D eigenvalue weighted by Crippen LogP contribution is 2.34. The lowest BCUT2D eigenvalue weighted by molar-refractivity contribution is -0.130. The minimum Gasteiger partial charge on any atom is -0.487 e. The van der Waals surface area contributed by atoms with Gasteiger partial charge in [-0.25, -0.2) is 8.42 Å². The van der Waals surface area contributed by atoms with Crippen LogP contribution in [0, 0.1) is 23.7 Å². The monoisotopic (exact) mass is 526 g/mol. The number of ether oxygens (including phenoxy) is 1. The Morgan fingerprint density at radius 3 is 2.54 bits per heavy atom. The van der Waals surface area contributed by atoms with Gasteiger partial charge < -0.3 is 14.7 Å². The molecule has 0 aromatic heterocycles. The maximum atomic E-state index is 13.6. The molecule has 1 N–H and O–H groups in total. The van der Waals surface area contributed by atoms with Crippen molar-refractivity contribution >= 4 is 15.9 Å². The number of hydrogen-bond donors (Lipinski definition) is 1. The van der Waals surface area contributed by atoms with Gasteiger partial charge in [-0.05, 0) is 36.6 Å². The normalized spacial score (nSPS) is 20.0. The predicted molar refractivity (Wildman–Crippen MR) is 145 cm³/mol. The summed E-state index contributed by atoms with van der Waals surface area (Å²) in [7, 11) is -2.19. The zero-order valence-electron chi connectivity index (χ0n) is 22.3. The molecule has 1 aliphatic heterocycles. The van der Waals surface area contributed by atoms with E-state index < -0.39 is 22.2 Å². The number of rotatable bonds is 7. The van der Waals surface area contributed by atoms with Crippen LogP contribution in [0.25, 0.3) is 0 Å². The van der Waals surface area contributed by atoms with Gasteiger partial charge in [0, 0.05) is 37.5 Å². The first-order valence-electron chi connectivity index (χ1n) is 12.7. The molecule has 2 aromatic rings. The Hall–Kier alpha value is -2.86. The second-order valence-corrected chi connectivity index (χ2v) is 12.1. The van der Waals surface area contributed by atoms with Crippen molar-refractivity contribution in [2.45, 2.75) is 57.6 Å². The van der Waals surface area contributed by atoms with Crippen LogP contribution in [-0.4, -0.2) is 67.5 Å². The van der Waals surface area contributed by atoms with Crippen LogP contribution in [0.4, 0.5) is 0 Å². The van der Waals surface area contributed by atoms with Crippen LogP contribution >= 0.6 is 0 Å². The Kier molecular flexibility index (Phi) is 9.77. The van der Waals surface area contributed by atoms with E-state index in [9.17, 15) is 18.3 Å². The van der Waals surface area contributed by atoms with Gasteiger partial charge in [-0.2, -0.15) is 4.31 Å². The van der Waals surface area contributed by atoms with E-state index in [1.807, 2.05) is 37.3 Å². The first-order valence-corrected chi connectivity index (χ1v) is 14.2. The number of nitrogens with zero attached hydrogens (tertiary/aromatic N) is 2. The van der Waals surface area contributed by atoms with Gasteiger partial charge in [-0.3, -0.25) is 4.79 Å². The molecule has 0 aliphatic carbocycles. The molecule has 1 aliphatic rings. The molecule has 0 saturated heterocycles. The van der Waals surface area contributed by atoms with E-state index in [-0.39, 0.29) is 48.6 Å². The smallest absolute Gasteiger partial charge is 0.247 e. The summed E-state index contributed by atoms with van der Waals surface area (Å²) in [6.45, 7) is 7.91. The molecule has 1 amide bonds. The lowest BCUT2D eigenvalue weighted by atomic mass is 10.0. The Bertz CT molecular complexity index is 1230. The fraction of sp³-hybridized carbons (Fsp3) is 0.483. The highest BCUT2D eigenvalue weighted by molar-refractivity contribution is 7.89. The summed E-state index contributed by atoms with van der Waals surface area (Å²) < 4.78 is 34.9. The Morgan fingerprint density at radius 2 is 1.89 bits per heavy atom. The van der Waals surface area contributed by atoms with Gasteiger partial charge in [-0.1, -0.05) is 62.9 Å². The van der Waals surface area contributed by atoms with Gasteiger partial charge in [0.2, 0.25) is 15.9 Å². The highest BCUT2D eigenvalue weighted by Gasteiger charge is 2.38. The first kappa shape index (κ1) is 28.7. The lowest BCUT2D eigenvalue weighted by Gasteiger charge is -2.37. The van der Waals surface area contributed by atoms with Crippen molar-refractivity contribution in [3.8, 4) is 17.6 Å². The van der Waals surface area contributed by atoms with Crippen molar-refractivity contribution in [3.63, 3.8) is 0 Å². The molecule has 1 heterocycles. The standard InChI is InChI=1S/C29H38N2O5S/c1-21(2)10-9-13-25-14-15-28-26(16-25)36-27(22(3)18-31(23(4)20-32)37(28,34)35)19-30(5)29(33)17-24-11-7-6-8-12-24/h6-8,11-12,14-16,21-23,27,32H,10,17-20H2,1-5H3/t22-,23+,27+/m0/s1. The molecule has 0 saturated carbocycles. The minimum absolute atomic E-state index is 0.0392. The molecule has 8 heteroatoms. The predicted octanol–water partition coefficient (Wildman–Crippen LogP) is 3.55. The van der Waals surface area contributed by atoms with Crippen LogP contribution < -0.4 is 4.74 Å². The number of benzene rings is 2. The van der Waals surface area contributed by atoms with E-state index >= 15 is 0 Å². The second-order valence-electron chi connectivity index (χ2n) is 10.2. The first-order chi connectivity index (χ1) is 17.5. The molecule has 0 spiro atoms. The average Bonchev–Trinajstić information content (AvgIpc) is 2.86. The van der Waals surface area contributed by atoms with Crippen LogP contribution in [0.15, 0.2) is 53.4 Å². The number of sulfonamides is 1. The third-order valence-electron chi connectivity index (χ3n) is 6.49. The van der Waals surface area contributed by atoms with E-state index in [0.29, 0.717) is 11.5 Å². The number of fused-ring (bicyclic) bond motifs is 1. The van der Waals surface area contributed by atoms with Gasteiger partial charge in [0.25, 0.3) is 0 Å². The van der Waals surface area contributed by atoms with Crippen LogP contribution in [0.3, 0.4) is 0 Å². The van der Waals surface area contributed by atoms with Crippen LogP contribution in [0.1, 0.15) is 45.2 Å². The van der Waals surface area contributed by atoms with E-state index in [4.69, 9.17) is 4.74 Å². The number of likely N-dealkylation sites (N-methyl/N-ethyl adjacent to an activating group) is 1. The van der Waals surface area contributed by atoms with Gasteiger partial charge in [0.05, 0.1) is 19.6 Å². The molecule has 3 atom stereocenters. The number of amides is 1. The summed E-state index contributed by atoms with van der Waals surface area (Å²) >= 11 is 0. The van der Waals surface area contributed by atoms with Gasteiger partial charge in [0.1, 0.15) is 16.7 Å². The summed E-state index contributed by atoms with van der Waals surface area (Å²) in [6.07, 6.45) is 0.532. The Balaban J connectivity index is 1.95. The quantitative estimate of drug-likeness (QED) is 0.558. The lowest BCUT2D eigenvalue weighted by Crippen LogP contribution is -2.50. The SMILES string of the molecule is CC(C)CC#Cc1ccc2c(c1)O[C@H](CN(C)C(=O)Cc1ccccc1)[C@@H](C)CN([C@H](C)CO)S2(=O)=O. The molecule has 37 heavy (non-hydrogen) atoms. The number of hydrogen-bond acceptors (Lipinski definition) is 5. The van der Waals surface area contributed by atoms with Crippen molar-refractivity contribution in [3.05, 3.63) is 59.7 Å². The summed E-state index contributed by atoms with van der Waals surface area (Å²) in [5, 5.41) is 9.82. The molecule has 2 aromatic carbocycles. The maximum absolute atomic E-state index is 13.6. The van der Waals surface area contributed by atoms with Crippen molar-refractivity contribution in [2.24, 2.45) is 11.8 Å². The molecular weight excluding hydrogens is 488 g/mol. The zero-order valence-corrected chi connectivity index (χ0v) is 23.2. The second kappa shape index (κ2) is 12.6. The van der Waals surface area contributed by atoms with E-state index in [2.05, 4.69) is 25.7 Å². The summed E-state index contributed by atoms with van der Waals surface area (Å²) in [4.78, 5) is 14.6. The van der Waals surface area contributed by atoms with E-state index in [1.54, 1.807) is 31.0 Å². The van der Waals surface area contributed by atoms with Crippen molar-refractivity contribution in [2.75, 3.05) is 26.7 Å². The van der Waals surface area contributed by atoms with Gasteiger partial charge in [-0.15, -0.1) is 0 Å². The van der Waals surface area contributed by atoms with Crippen LogP contribution in [0.5, 0.6) is 5.75 Å². The molecule has 0 bridgehead atoms. The van der Waals surface area contributed by atoms with Gasteiger partial charge in [0.15, 0.2) is 0 Å². The van der Waals surface area contributed by atoms with Crippen molar-refractivity contribution in [1.82, 2.24) is 9.21 Å². The number of aliphatic hydroxyl groups is 1. The molecule has 0 radical (unpaired) electrons.